The SMILES string of the molecule is O=C(CN1CCCC(C(=O)O)C1)Nc1ccc(Oc2ccccc2)cc1. The van der Waals surface area contributed by atoms with Crippen LogP contribution in [0.4, 0.5) is 5.69 Å². The Bertz CT molecular complexity index is 746. The maximum Gasteiger partial charge on any atom is 0.307 e. The second-order valence-electron chi connectivity index (χ2n) is 6.40. The van der Waals surface area contributed by atoms with Crippen LogP contribution in [0.1, 0.15) is 12.8 Å². The molecule has 6 heteroatoms. The molecule has 1 unspecified atom stereocenters. The van der Waals surface area contributed by atoms with E-state index in [-0.39, 0.29) is 18.4 Å². The van der Waals surface area contributed by atoms with Crippen molar-refractivity contribution in [3.63, 3.8) is 0 Å². The third-order valence-electron chi connectivity index (χ3n) is 4.34. The van der Waals surface area contributed by atoms with Crippen molar-refractivity contribution in [2.45, 2.75) is 12.8 Å². The molecule has 1 fully saturated rings. The molecule has 1 heterocycles. The van der Waals surface area contributed by atoms with E-state index in [4.69, 9.17) is 9.84 Å². The fourth-order valence-electron chi connectivity index (χ4n) is 3.04. The normalized spacial score (nSPS) is 17.5. The van der Waals surface area contributed by atoms with Gasteiger partial charge in [0, 0.05) is 12.2 Å². The van der Waals surface area contributed by atoms with Crippen LogP contribution in [0.5, 0.6) is 11.5 Å². The first-order valence-corrected chi connectivity index (χ1v) is 8.68. The van der Waals surface area contributed by atoms with E-state index >= 15 is 0 Å². The lowest BCUT2D eigenvalue weighted by atomic mass is 9.98. The molecule has 1 aliphatic heterocycles. The standard InChI is InChI=1S/C20H22N2O4/c23-19(14-22-12-4-5-15(13-22)20(24)25)21-16-8-10-18(11-9-16)26-17-6-2-1-3-7-17/h1-3,6-11,15H,4-5,12-14H2,(H,21,23)(H,24,25). The molecule has 0 radical (unpaired) electrons. The Balaban J connectivity index is 1.50. The van der Waals surface area contributed by atoms with Crippen LogP contribution >= 0.6 is 0 Å². The highest BCUT2D eigenvalue weighted by molar-refractivity contribution is 5.92. The third kappa shape index (κ3) is 5.07. The van der Waals surface area contributed by atoms with Crippen LogP contribution < -0.4 is 10.1 Å². The number of hydrogen-bond donors (Lipinski definition) is 2. The first-order chi connectivity index (χ1) is 12.6. The number of piperidine rings is 1. The van der Waals surface area contributed by atoms with E-state index in [9.17, 15) is 9.59 Å². The molecule has 0 spiro atoms. The number of likely N-dealkylation sites (tertiary alicyclic amines) is 1. The number of amides is 1. The van der Waals surface area contributed by atoms with Gasteiger partial charge in [-0.05, 0) is 55.8 Å². The van der Waals surface area contributed by atoms with E-state index in [1.54, 1.807) is 24.3 Å². The highest BCUT2D eigenvalue weighted by atomic mass is 16.5. The van der Waals surface area contributed by atoms with Crippen molar-refractivity contribution in [1.82, 2.24) is 4.90 Å². The molecule has 3 rings (SSSR count). The van der Waals surface area contributed by atoms with Crippen LogP contribution in [0, 0.1) is 5.92 Å². The number of carbonyl (C=O) groups excluding carboxylic acids is 1. The van der Waals surface area contributed by atoms with Crippen molar-refractivity contribution >= 4 is 17.6 Å². The monoisotopic (exact) mass is 354 g/mol. The zero-order valence-electron chi connectivity index (χ0n) is 14.4. The minimum Gasteiger partial charge on any atom is -0.481 e. The number of carboxylic acid groups (broad SMARTS) is 1. The average molecular weight is 354 g/mol. The largest absolute Gasteiger partial charge is 0.481 e. The van der Waals surface area contributed by atoms with Gasteiger partial charge in [0.25, 0.3) is 0 Å². The quantitative estimate of drug-likeness (QED) is 0.833. The molecule has 1 amide bonds. The molecule has 2 N–H and O–H groups in total. The topological polar surface area (TPSA) is 78.9 Å². The Morgan fingerprint density at radius 1 is 1.08 bits per heavy atom. The van der Waals surface area contributed by atoms with Crippen LogP contribution in [-0.2, 0) is 9.59 Å². The second kappa shape index (κ2) is 8.49. The molecule has 0 saturated carbocycles. The Morgan fingerprint density at radius 2 is 1.77 bits per heavy atom. The molecular weight excluding hydrogens is 332 g/mol. The van der Waals surface area contributed by atoms with E-state index in [1.165, 1.54) is 0 Å². The lowest BCUT2D eigenvalue weighted by Gasteiger charge is -2.29. The molecule has 1 atom stereocenters. The Morgan fingerprint density at radius 3 is 2.46 bits per heavy atom. The summed E-state index contributed by atoms with van der Waals surface area (Å²) in [5.74, 6) is 0.125. The molecule has 136 valence electrons. The van der Waals surface area contributed by atoms with Gasteiger partial charge in [0.05, 0.1) is 12.5 Å². The van der Waals surface area contributed by atoms with E-state index in [1.807, 2.05) is 35.2 Å². The average Bonchev–Trinajstić information content (AvgIpc) is 2.64. The number of nitrogens with one attached hydrogen (secondary N) is 1. The number of hydrogen-bond acceptors (Lipinski definition) is 4. The smallest absolute Gasteiger partial charge is 0.307 e. The number of carboxylic acids is 1. The van der Waals surface area contributed by atoms with Gasteiger partial charge in [-0.15, -0.1) is 0 Å². The summed E-state index contributed by atoms with van der Waals surface area (Å²) in [6.45, 7) is 1.37. The number of aliphatic carboxylic acids is 1. The van der Waals surface area contributed by atoms with Crippen molar-refractivity contribution < 1.29 is 19.4 Å². The van der Waals surface area contributed by atoms with Gasteiger partial charge in [0.2, 0.25) is 5.91 Å². The zero-order chi connectivity index (χ0) is 18.4. The predicted octanol–water partition coefficient (Wildman–Crippen LogP) is 3.21. The number of anilines is 1. The molecule has 2 aromatic carbocycles. The molecule has 1 aliphatic rings. The van der Waals surface area contributed by atoms with Crippen LogP contribution in [0.25, 0.3) is 0 Å². The maximum absolute atomic E-state index is 12.2. The number of para-hydroxylation sites is 1. The Kier molecular flexibility index (Phi) is 5.86. The summed E-state index contributed by atoms with van der Waals surface area (Å²) in [5.41, 5.74) is 0.683. The zero-order valence-corrected chi connectivity index (χ0v) is 14.4. The minimum atomic E-state index is -0.788. The molecule has 6 nitrogen and oxygen atoms in total. The number of rotatable bonds is 6. The first kappa shape index (κ1) is 17.9. The van der Waals surface area contributed by atoms with Crippen LogP contribution in [0.15, 0.2) is 54.6 Å². The fourth-order valence-corrected chi connectivity index (χ4v) is 3.04. The molecule has 1 saturated heterocycles. The molecule has 2 aromatic rings. The van der Waals surface area contributed by atoms with E-state index in [0.29, 0.717) is 24.4 Å². The van der Waals surface area contributed by atoms with Crippen molar-refractivity contribution in [2.24, 2.45) is 5.92 Å². The van der Waals surface area contributed by atoms with Crippen LogP contribution in [0.3, 0.4) is 0 Å². The second-order valence-corrected chi connectivity index (χ2v) is 6.40. The molecular formula is C20H22N2O4. The Hall–Kier alpha value is -2.86. The van der Waals surface area contributed by atoms with Gasteiger partial charge in [-0.1, -0.05) is 18.2 Å². The van der Waals surface area contributed by atoms with Crippen molar-refractivity contribution in [2.75, 3.05) is 25.0 Å². The summed E-state index contributed by atoms with van der Waals surface area (Å²) >= 11 is 0. The molecule has 26 heavy (non-hydrogen) atoms. The Labute approximate surface area is 152 Å². The van der Waals surface area contributed by atoms with Crippen LogP contribution in [0.2, 0.25) is 0 Å². The summed E-state index contributed by atoms with van der Waals surface area (Å²) in [6, 6.07) is 16.6. The van der Waals surface area contributed by atoms with Gasteiger partial charge in [0.1, 0.15) is 11.5 Å². The number of benzene rings is 2. The number of nitrogens with zero attached hydrogens (tertiary/aromatic N) is 1. The van der Waals surface area contributed by atoms with Gasteiger partial charge >= 0.3 is 5.97 Å². The predicted molar refractivity (Wildman–Crippen MR) is 98.4 cm³/mol. The fraction of sp³-hybridized carbons (Fsp3) is 0.300. The van der Waals surface area contributed by atoms with Gasteiger partial charge in [0.15, 0.2) is 0 Å². The summed E-state index contributed by atoms with van der Waals surface area (Å²) in [4.78, 5) is 25.2. The summed E-state index contributed by atoms with van der Waals surface area (Å²) in [5, 5.41) is 12.0. The van der Waals surface area contributed by atoms with E-state index < -0.39 is 5.97 Å². The maximum atomic E-state index is 12.2. The third-order valence-corrected chi connectivity index (χ3v) is 4.34. The minimum absolute atomic E-state index is 0.146. The van der Waals surface area contributed by atoms with E-state index in [0.717, 1.165) is 18.7 Å². The first-order valence-electron chi connectivity index (χ1n) is 8.68. The molecule has 0 bridgehead atoms. The van der Waals surface area contributed by atoms with Crippen molar-refractivity contribution in [1.29, 1.82) is 0 Å². The molecule has 0 aromatic heterocycles. The van der Waals surface area contributed by atoms with Crippen molar-refractivity contribution in [3.8, 4) is 11.5 Å². The summed E-state index contributed by atoms with van der Waals surface area (Å²) in [6.07, 6.45) is 1.48. The highest BCUT2D eigenvalue weighted by Gasteiger charge is 2.26. The van der Waals surface area contributed by atoms with Gasteiger partial charge in [-0.2, -0.15) is 0 Å². The number of ether oxygens (including phenoxy) is 1. The highest BCUT2D eigenvalue weighted by Crippen LogP contribution is 2.22. The lowest BCUT2D eigenvalue weighted by Crippen LogP contribution is -2.42. The summed E-state index contributed by atoms with van der Waals surface area (Å²) < 4.78 is 5.72. The van der Waals surface area contributed by atoms with Gasteiger partial charge < -0.3 is 15.2 Å². The van der Waals surface area contributed by atoms with Gasteiger partial charge in [-0.3, -0.25) is 14.5 Å². The van der Waals surface area contributed by atoms with Crippen LogP contribution in [-0.4, -0.2) is 41.5 Å². The molecule has 0 aliphatic carbocycles. The van der Waals surface area contributed by atoms with Crippen molar-refractivity contribution in [3.05, 3.63) is 54.6 Å². The van der Waals surface area contributed by atoms with Gasteiger partial charge in [-0.25, -0.2) is 0 Å². The number of carbonyl (C=O) groups is 2. The summed E-state index contributed by atoms with van der Waals surface area (Å²) in [7, 11) is 0. The lowest BCUT2D eigenvalue weighted by molar-refractivity contribution is -0.144. The van der Waals surface area contributed by atoms with E-state index in [2.05, 4.69) is 5.32 Å².